The zero-order valence-corrected chi connectivity index (χ0v) is 16.0. The molecule has 0 aliphatic rings. The average molecular weight is 380 g/mol. The van der Waals surface area contributed by atoms with E-state index in [0.717, 1.165) is 24.0 Å². The van der Waals surface area contributed by atoms with Crippen LogP contribution in [0.3, 0.4) is 0 Å². The quantitative estimate of drug-likeness (QED) is 0.192. The van der Waals surface area contributed by atoms with E-state index in [1.54, 1.807) is 31.2 Å². The summed E-state index contributed by atoms with van der Waals surface area (Å²) in [7, 11) is 0. The molecular weight excluding hydrogens is 356 g/mol. The highest BCUT2D eigenvalue weighted by atomic mass is 16.5. The lowest BCUT2D eigenvalue weighted by Gasteiger charge is -2.07. The maximum atomic E-state index is 12.1. The summed E-state index contributed by atoms with van der Waals surface area (Å²) in [5, 5.41) is 0. The highest BCUT2D eigenvalue weighted by molar-refractivity contribution is 5.90. The summed E-state index contributed by atoms with van der Waals surface area (Å²) in [6, 6.07) is 14.3. The molecule has 5 heteroatoms. The molecule has 0 saturated carbocycles. The molecular formula is C23H24O5. The Morgan fingerprint density at radius 1 is 0.929 bits per heavy atom. The Kier molecular flexibility index (Phi) is 8.03. The number of benzene rings is 2. The van der Waals surface area contributed by atoms with Crippen molar-refractivity contribution >= 4 is 11.9 Å². The Balaban J connectivity index is 1.89. The van der Waals surface area contributed by atoms with Crippen molar-refractivity contribution in [2.45, 2.75) is 19.8 Å². The molecule has 0 heterocycles. The van der Waals surface area contributed by atoms with E-state index in [2.05, 4.69) is 13.2 Å². The molecule has 0 N–H and O–H groups in total. The summed E-state index contributed by atoms with van der Waals surface area (Å²) >= 11 is 0. The molecule has 2 aromatic carbocycles. The Morgan fingerprint density at radius 3 is 2.07 bits per heavy atom. The zero-order valence-electron chi connectivity index (χ0n) is 16.0. The van der Waals surface area contributed by atoms with E-state index in [1.165, 1.54) is 6.26 Å². The van der Waals surface area contributed by atoms with Crippen molar-refractivity contribution in [3.05, 3.63) is 79.1 Å². The summed E-state index contributed by atoms with van der Waals surface area (Å²) in [5.74, 6) is -0.350. The van der Waals surface area contributed by atoms with Crippen LogP contribution in [0.2, 0.25) is 0 Å². The third kappa shape index (κ3) is 6.43. The topological polar surface area (TPSA) is 61.8 Å². The third-order valence-electron chi connectivity index (χ3n) is 3.87. The van der Waals surface area contributed by atoms with Crippen molar-refractivity contribution < 1.29 is 23.8 Å². The molecule has 0 atom stereocenters. The predicted molar refractivity (Wildman–Crippen MR) is 108 cm³/mol. The van der Waals surface area contributed by atoms with Gasteiger partial charge in [-0.2, -0.15) is 0 Å². The number of hydrogen-bond donors (Lipinski definition) is 0. The van der Waals surface area contributed by atoms with Gasteiger partial charge in [-0.15, -0.1) is 0 Å². The molecule has 146 valence electrons. The molecule has 0 spiro atoms. The van der Waals surface area contributed by atoms with Crippen LogP contribution < -0.4 is 4.74 Å². The normalized spacial score (nSPS) is 10.0. The fourth-order valence-electron chi connectivity index (χ4n) is 2.33. The molecule has 0 unspecified atom stereocenters. The van der Waals surface area contributed by atoms with Gasteiger partial charge in [-0.25, -0.2) is 9.59 Å². The van der Waals surface area contributed by atoms with Crippen molar-refractivity contribution in [3.8, 4) is 16.9 Å². The van der Waals surface area contributed by atoms with Crippen LogP contribution in [0.4, 0.5) is 0 Å². The molecule has 0 radical (unpaired) electrons. The van der Waals surface area contributed by atoms with Crippen molar-refractivity contribution in [3.63, 3.8) is 0 Å². The van der Waals surface area contributed by atoms with Gasteiger partial charge in [0, 0.05) is 5.57 Å². The predicted octanol–water partition coefficient (Wildman–Crippen LogP) is 4.93. The van der Waals surface area contributed by atoms with Gasteiger partial charge in [0.05, 0.1) is 25.0 Å². The maximum absolute atomic E-state index is 12.1. The lowest BCUT2D eigenvalue weighted by molar-refractivity contribution is -0.130. The van der Waals surface area contributed by atoms with E-state index in [4.69, 9.17) is 14.2 Å². The van der Waals surface area contributed by atoms with E-state index < -0.39 is 5.97 Å². The largest absolute Gasteiger partial charge is 0.502 e. The minimum absolute atomic E-state index is 0.344. The van der Waals surface area contributed by atoms with E-state index >= 15 is 0 Å². The van der Waals surface area contributed by atoms with Crippen molar-refractivity contribution in [2.75, 3.05) is 13.2 Å². The Hall–Kier alpha value is -3.34. The number of esters is 2. The Bertz CT molecular complexity index is 819. The van der Waals surface area contributed by atoms with Crippen molar-refractivity contribution in [1.82, 2.24) is 0 Å². The maximum Gasteiger partial charge on any atom is 0.338 e. The van der Waals surface area contributed by atoms with Crippen LogP contribution >= 0.6 is 0 Å². The van der Waals surface area contributed by atoms with Crippen LogP contribution in [-0.2, 0) is 14.3 Å². The molecule has 2 rings (SSSR count). The van der Waals surface area contributed by atoms with E-state index in [1.807, 2.05) is 24.3 Å². The summed E-state index contributed by atoms with van der Waals surface area (Å²) in [6.45, 7) is 9.54. The number of hydrogen-bond acceptors (Lipinski definition) is 5. The van der Waals surface area contributed by atoms with Crippen LogP contribution in [0.25, 0.3) is 11.1 Å². The van der Waals surface area contributed by atoms with Gasteiger partial charge in [0.1, 0.15) is 5.75 Å². The molecule has 0 amide bonds. The highest BCUT2D eigenvalue weighted by Gasteiger charge is 2.08. The SMILES string of the molecule is C=COCCCCOC(=O)c1ccc(-c2ccc(OC(=O)C(=C)C)cc2)cc1. The summed E-state index contributed by atoms with van der Waals surface area (Å²) in [4.78, 5) is 23.6. The van der Waals surface area contributed by atoms with Gasteiger partial charge in [-0.3, -0.25) is 0 Å². The second-order valence-corrected chi connectivity index (χ2v) is 6.15. The molecule has 28 heavy (non-hydrogen) atoms. The summed E-state index contributed by atoms with van der Waals surface area (Å²) < 4.78 is 15.4. The number of carbonyl (C=O) groups is 2. The van der Waals surface area contributed by atoms with Crippen molar-refractivity contribution in [2.24, 2.45) is 0 Å². The first kappa shape index (κ1) is 21.0. The van der Waals surface area contributed by atoms with Gasteiger partial charge >= 0.3 is 11.9 Å². The lowest BCUT2D eigenvalue weighted by atomic mass is 10.0. The highest BCUT2D eigenvalue weighted by Crippen LogP contribution is 2.23. The number of unbranched alkanes of at least 4 members (excludes halogenated alkanes) is 1. The van der Waals surface area contributed by atoms with Gasteiger partial charge < -0.3 is 14.2 Å². The number of carbonyl (C=O) groups excluding carboxylic acids is 2. The molecule has 0 aliphatic heterocycles. The Morgan fingerprint density at radius 2 is 1.50 bits per heavy atom. The lowest BCUT2D eigenvalue weighted by Crippen LogP contribution is -2.07. The van der Waals surface area contributed by atoms with Crippen LogP contribution in [0, 0.1) is 0 Å². The van der Waals surface area contributed by atoms with Crippen LogP contribution in [0.1, 0.15) is 30.1 Å². The molecule has 5 nitrogen and oxygen atoms in total. The average Bonchev–Trinajstić information content (AvgIpc) is 2.71. The van der Waals surface area contributed by atoms with Gasteiger partial charge in [-0.1, -0.05) is 37.4 Å². The molecule has 0 saturated heterocycles. The first-order valence-corrected chi connectivity index (χ1v) is 8.99. The van der Waals surface area contributed by atoms with Crippen molar-refractivity contribution in [1.29, 1.82) is 0 Å². The Labute approximate surface area is 165 Å². The number of ether oxygens (including phenoxy) is 3. The van der Waals surface area contributed by atoms with Crippen LogP contribution in [0.15, 0.2) is 73.5 Å². The molecule has 0 aliphatic carbocycles. The van der Waals surface area contributed by atoms with Gasteiger partial charge in [0.15, 0.2) is 0 Å². The standard InChI is InChI=1S/C23H24O5/c1-4-26-15-5-6-16-27-23(25)20-9-7-18(8-10-20)19-11-13-21(14-12-19)28-22(24)17(2)3/h4,7-14H,1-2,5-6,15-16H2,3H3. The van der Waals surface area contributed by atoms with E-state index in [9.17, 15) is 9.59 Å². The summed E-state index contributed by atoms with van der Waals surface area (Å²) in [5.41, 5.74) is 2.72. The monoisotopic (exact) mass is 380 g/mol. The third-order valence-corrected chi connectivity index (χ3v) is 3.87. The molecule has 0 fully saturated rings. The van der Waals surface area contributed by atoms with Crippen LogP contribution in [-0.4, -0.2) is 25.2 Å². The second kappa shape index (κ2) is 10.7. The van der Waals surface area contributed by atoms with Gasteiger partial charge in [0.2, 0.25) is 0 Å². The fourth-order valence-corrected chi connectivity index (χ4v) is 2.33. The van der Waals surface area contributed by atoms with E-state index in [0.29, 0.717) is 30.1 Å². The first-order chi connectivity index (χ1) is 13.5. The first-order valence-electron chi connectivity index (χ1n) is 8.99. The van der Waals surface area contributed by atoms with Gasteiger partial charge in [0.25, 0.3) is 0 Å². The summed E-state index contributed by atoms with van der Waals surface area (Å²) in [6.07, 6.45) is 2.94. The smallest absolute Gasteiger partial charge is 0.338 e. The van der Waals surface area contributed by atoms with E-state index in [-0.39, 0.29) is 5.97 Å². The minimum atomic E-state index is -0.455. The van der Waals surface area contributed by atoms with Gasteiger partial charge in [-0.05, 0) is 55.2 Å². The molecule has 0 bridgehead atoms. The van der Waals surface area contributed by atoms with Crippen LogP contribution in [0.5, 0.6) is 5.75 Å². The molecule has 0 aromatic heterocycles. The minimum Gasteiger partial charge on any atom is -0.502 e. The molecule has 2 aromatic rings. The fraction of sp³-hybridized carbons (Fsp3) is 0.217. The second-order valence-electron chi connectivity index (χ2n) is 6.15. The number of rotatable bonds is 10. The zero-order chi connectivity index (χ0) is 20.4.